The van der Waals surface area contributed by atoms with Crippen molar-refractivity contribution in [1.29, 1.82) is 0 Å². The summed E-state index contributed by atoms with van der Waals surface area (Å²) in [7, 11) is -0.904. The predicted molar refractivity (Wildman–Crippen MR) is 307 cm³/mol. The first-order valence-electron chi connectivity index (χ1n) is 23.3. The van der Waals surface area contributed by atoms with E-state index in [9.17, 15) is 10.2 Å². The standard InChI is InChI=1S/C62H50N2O2P2S2/c65-61-47(43-63-49-29-33-55(34-30-49)69-39-37-67(51-19-5-1-6-20-51)52-21-7-2-8-22-52)41-45-17-13-15-27-57(45)59(61)60-58-28-16-14-18-46(58)42-48(62(60)66)44-64-50-31-35-56(36-32-50)70-40-38-68(53-23-9-3-10-24-53)54-25-11-4-12-26-54/h1-36,41-44,65-66H,37-40H2. The fourth-order valence-corrected chi connectivity index (χ4v) is 15.8. The minimum absolute atomic E-state index is 0.0469. The number of fused-ring (bicyclic) bond motifs is 2. The number of benzene rings is 10. The Kier molecular flexibility index (Phi) is 15.3. The number of phenols is 2. The van der Waals surface area contributed by atoms with Crippen LogP contribution in [0.3, 0.4) is 0 Å². The van der Waals surface area contributed by atoms with Crippen molar-refractivity contribution < 1.29 is 10.2 Å². The molecule has 0 bridgehead atoms. The van der Waals surface area contributed by atoms with Gasteiger partial charge in [-0.2, -0.15) is 0 Å². The second-order valence-electron chi connectivity index (χ2n) is 16.7. The molecule has 0 atom stereocenters. The number of nitrogens with zero attached hydrogens (tertiary/aromatic N) is 2. The lowest BCUT2D eigenvalue weighted by molar-refractivity contribution is 0.469. The van der Waals surface area contributed by atoms with Crippen LogP contribution in [0.15, 0.2) is 250 Å². The molecule has 0 radical (unpaired) electrons. The zero-order valence-electron chi connectivity index (χ0n) is 38.4. The van der Waals surface area contributed by atoms with E-state index < -0.39 is 15.8 Å². The van der Waals surface area contributed by atoms with E-state index in [4.69, 9.17) is 9.98 Å². The average molecular weight is 981 g/mol. The SMILES string of the molecule is Oc1c(C=Nc2ccc(SCCP(c3ccccc3)c3ccccc3)cc2)cc2ccccc2c1-c1c(O)c(C=Nc2ccc(SCCP(c3ccccc3)c3ccccc3)cc2)cc2ccccc12. The highest BCUT2D eigenvalue weighted by Crippen LogP contribution is 2.47. The lowest BCUT2D eigenvalue weighted by atomic mass is 9.89. The van der Waals surface area contributed by atoms with Crippen LogP contribution >= 0.6 is 39.4 Å². The Labute approximate surface area is 421 Å². The lowest BCUT2D eigenvalue weighted by Crippen LogP contribution is -2.14. The van der Waals surface area contributed by atoms with Crippen molar-refractivity contribution in [2.45, 2.75) is 9.79 Å². The summed E-state index contributed by atoms with van der Waals surface area (Å²) < 4.78 is 0. The molecule has 0 amide bonds. The molecule has 10 aromatic carbocycles. The van der Waals surface area contributed by atoms with Gasteiger partial charge in [0, 0.05) is 56.0 Å². The Morgan fingerprint density at radius 1 is 0.371 bits per heavy atom. The van der Waals surface area contributed by atoms with Gasteiger partial charge < -0.3 is 10.2 Å². The smallest absolute Gasteiger partial charge is 0.132 e. The van der Waals surface area contributed by atoms with Gasteiger partial charge in [0.05, 0.1) is 11.4 Å². The second kappa shape index (κ2) is 22.8. The summed E-state index contributed by atoms with van der Waals surface area (Å²) in [5.74, 6) is 2.09. The number of aliphatic imine (C=N–C) groups is 2. The number of aromatic hydroxyl groups is 2. The maximum absolute atomic E-state index is 12.2. The molecule has 0 aromatic heterocycles. The van der Waals surface area contributed by atoms with Crippen LogP contribution in [-0.4, -0.2) is 46.5 Å². The molecular formula is C62H50N2O2P2S2. The first-order valence-corrected chi connectivity index (χ1v) is 28.4. The Bertz CT molecular complexity index is 3090. The maximum atomic E-state index is 12.2. The van der Waals surface area contributed by atoms with Crippen molar-refractivity contribution in [3.05, 3.63) is 242 Å². The van der Waals surface area contributed by atoms with Crippen LogP contribution in [0.25, 0.3) is 32.7 Å². The number of thioether (sulfide) groups is 2. The Balaban J connectivity index is 0.867. The molecule has 0 unspecified atom stereocenters. The molecular weight excluding hydrogens is 931 g/mol. The molecule has 0 aliphatic carbocycles. The molecule has 2 N–H and O–H groups in total. The molecule has 342 valence electrons. The third-order valence-electron chi connectivity index (χ3n) is 12.2. The topological polar surface area (TPSA) is 65.2 Å². The van der Waals surface area contributed by atoms with Gasteiger partial charge in [0.25, 0.3) is 0 Å². The molecule has 0 fully saturated rings. The van der Waals surface area contributed by atoms with E-state index in [0.717, 1.165) is 56.7 Å². The predicted octanol–water partition coefficient (Wildman–Crippen LogP) is 15.0. The Morgan fingerprint density at radius 2 is 0.686 bits per heavy atom. The van der Waals surface area contributed by atoms with E-state index in [1.807, 2.05) is 108 Å². The van der Waals surface area contributed by atoms with Gasteiger partial charge in [-0.1, -0.05) is 170 Å². The molecule has 0 saturated carbocycles. The molecule has 0 heterocycles. The molecule has 0 aliphatic heterocycles. The van der Waals surface area contributed by atoms with Crippen molar-refractivity contribution in [3.63, 3.8) is 0 Å². The fraction of sp³-hybridized carbons (Fsp3) is 0.0645. The van der Waals surface area contributed by atoms with Crippen molar-refractivity contribution in [3.8, 4) is 22.6 Å². The molecule has 70 heavy (non-hydrogen) atoms. The van der Waals surface area contributed by atoms with E-state index in [0.29, 0.717) is 22.3 Å². The van der Waals surface area contributed by atoms with Gasteiger partial charge in [0.2, 0.25) is 0 Å². The number of phenolic OH excluding ortho intramolecular Hbond substituents is 2. The molecule has 8 heteroatoms. The number of hydrogen-bond donors (Lipinski definition) is 2. The first kappa shape index (κ1) is 46.9. The lowest BCUT2D eigenvalue weighted by Gasteiger charge is -2.18. The van der Waals surface area contributed by atoms with Gasteiger partial charge >= 0.3 is 0 Å². The summed E-state index contributed by atoms with van der Waals surface area (Å²) in [5, 5.41) is 33.6. The van der Waals surface area contributed by atoms with Crippen LogP contribution in [0.1, 0.15) is 11.1 Å². The highest BCUT2D eigenvalue weighted by molar-refractivity contribution is 8.00. The summed E-state index contributed by atoms with van der Waals surface area (Å²) in [4.78, 5) is 12.1. The highest BCUT2D eigenvalue weighted by atomic mass is 32.2. The molecule has 10 aromatic rings. The Hall–Kier alpha value is -6.78. The van der Waals surface area contributed by atoms with Crippen LogP contribution in [0.2, 0.25) is 0 Å². The van der Waals surface area contributed by atoms with Gasteiger partial charge in [0.1, 0.15) is 11.5 Å². The van der Waals surface area contributed by atoms with Crippen LogP contribution in [0.4, 0.5) is 11.4 Å². The van der Waals surface area contributed by atoms with Gasteiger partial charge in [-0.25, -0.2) is 0 Å². The van der Waals surface area contributed by atoms with Crippen molar-refractivity contribution in [2.75, 3.05) is 23.8 Å². The quantitative estimate of drug-likeness (QED) is 0.0542. The Morgan fingerprint density at radius 3 is 1.03 bits per heavy atom. The summed E-state index contributed by atoms with van der Waals surface area (Å²) in [5.41, 5.74) is 3.77. The highest BCUT2D eigenvalue weighted by Gasteiger charge is 2.22. The summed E-state index contributed by atoms with van der Waals surface area (Å²) >= 11 is 3.73. The summed E-state index contributed by atoms with van der Waals surface area (Å²) in [6.07, 6.45) is 5.61. The van der Waals surface area contributed by atoms with E-state index in [-0.39, 0.29) is 11.5 Å². The largest absolute Gasteiger partial charge is 0.507 e. The van der Waals surface area contributed by atoms with Gasteiger partial charge in [0.15, 0.2) is 0 Å². The van der Waals surface area contributed by atoms with Crippen molar-refractivity contribution in [2.24, 2.45) is 9.98 Å². The van der Waals surface area contributed by atoms with E-state index >= 15 is 0 Å². The van der Waals surface area contributed by atoms with Gasteiger partial charge in [-0.05, 0) is 132 Å². The second-order valence-corrected chi connectivity index (χ2v) is 23.7. The van der Waals surface area contributed by atoms with E-state index in [2.05, 4.69) is 146 Å². The normalized spacial score (nSPS) is 11.7. The monoisotopic (exact) mass is 980 g/mol. The van der Waals surface area contributed by atoms with E-state index in [1.165, 1.54) is 31.0 Å². The van der Waals surface area contributed by atoms with Crippen LogP contribution < -0.4 is 21.2 Å². The van der Waals surface area contributed by atoms with E-state index in [1.54, 1.807) is 12.4 Å². The van der Waals surface area contributed by atoms with Crippen LogP contribution in [-0.2, 0) is 0 Å². The molecule has 0 aliphatic rings. The number of rotatable bonds is 17. The van der Waals surface area contributed by atoms with Crippen LogP contribution in [0.5, 0.6) is 11.5 Å². The zero-order valence-corrected chi connectivity index (χ0v) is 41.8. The minimum atomic E-state index is -0.452. The van der Waals surface area contributed by atoms with Gasteiger partial charge in [-0.15, -0.1) is 23.5 Å². The molecule has 10 rings (SSSR count). The van der Waals surface area contributed by atoms with Crippen molar-refractivity contribution in [1.82, 2.24) is 0 Å². The maximum Gasteiger partial charge on any atom is 0.132 e. The third kappa shape index (κ3) is 11.1. The zero-order chi connectivity index (χ0) is 47.5. The van der Waals surface area contributed by atoms with Gasteiger partial charge in [-0.3, -0.25) is 9.98 Å². The molecule has 0 spiro atoms. The summed E-state index contributed by atoms with van der Waals surface area (Å²) in [6, 6.07) is 79.9. The summed E-state index contributed by atoms with van der Waals surface area (Å²) in [6.45, 7) is 0. The van der Waals surface area contributed by atoms with Crippen LogP contribution in [0, 0.1) is 0 Å². The number of hydrogen-bond acceptors (Lipinski definition) is 6. The average Bonchev–Trinajstić information content (AvgIpc) is 3.42. The van der Waals surface area contributed by atoms with Crippen molar-refractivity contribution >= 4 is 106 Å². The first-order chi connectivity index (χ1) is 34.6. The third-order valence-corrected chi connectivity index (χ3v) is 19.8. The molecule has 4 nitrogen and oxygen atoms in total. The molecule has 0 saturated heterocycles. The minimum Gasteiger partial charge on any atom is -0.507 e. The fourth-order valence-electron chi connectivity index (χ4n) is 8.72.